The maximum atomic E-state index is 11.1. The largest absolute Gasteiger partial charge is 0.302 e. The molecule has 1 aliphatic heterocycles. The fourth-order valence-electron chi connectivity index (χ4n) is 2.30. The average molecular weight is 257 g/mol. The lowest BCUT2D eigenvalue weighted by Crippen LogP contribution is -2.37. The van der Waals surface area contributed by atoms with Gasteiger partial charge in [0.05, 0.1) is 5.75 Å². The molecule has 2 heterocycles. The van der Waals surface area contributed by atoms with E-state index in [0.717, 1.165) is 31.6 Å². The second-order valence-corrected chi connectivity index (χ2v) is 7.04. The maximum Gasteiger partial charge on any atom is 0.148 e. The molecule has 0 saturated carbocycles. The Morgan fingerprint density at radius 2 is 2.41 bits per heavy atom. The van der Waals surface area contributed by atoms with Crippen LogP contribution >= 0.6 is 0 Å². The van der Waals surface area contributed by atoms with E-state index in [1.807, 2.05) is 6.07 Å². The van der Waals surface area contributed by atoms with Gasteiger partial charge in [-0.1, -0.05) is 0 Å². The SMILES string of the molecule is CS(=O)(=O)CCN1CCC[C@H](c2ccn[nH]2)C1. The number of likely N-dealkylation sites (tertiary alicyclic amines) is 1. The van der Waals surface area contributed by atoms with Crippen LogP contribution in [0.4, 0.5) is 0 Å². The second-order valence-electron chi connectivity index (χ2n) is 4.78. The van der Waals surface area contributed by atoms with E-state index < -0.39 is 9.84 Å². The van der Waals surface area contributed by atoms with E-state index in [1.54, 1.807) is 6.20 Å². The number of aromatic amines is 1. The van der Waals surface area contributed by atoms with Crippen LogP contribution in [-0.4, -0.2) is 55.2 Å². The minimum absolute atomic E-state index is 0.253. The maximum absolute atomic E-state index is 11.1. The Hall–Kier alpha value is -0.880. The molecule has 5 nitrogen and oxygen atoms in total. The van der Waals surface area contributed by atoms with Gasteiger partial charge in [-0.2, -0.15) is 5.10 Å². The standard InChI is InChI=1S/C11H19N3O2S/c1-17(15,16)8-7-14-6-2-3-10(9-14)11-4-5-12-13-11/h4-5,10H,2-3,6-9H2,1H3,(H,12,13)/t10-/m0/s1. The predicted octanol–water partition coefficient (Wildman–Crippen LogP) is 0.634. The van der Waals surface area contributed by atoms with Crippen molar-refractivity contribution in [1.29, 1.82) is 0 Å². The van der Waals surface area contributed by atoms with Crippen LogP contribution in [0.1, 0.15) is 24.5 Å². The van der Waals surface area contributed by atoms with Crippen molar-refractivity contribution in [2.45, 2.75) is 18.8 Å². The molecule has 0 aliphatic carbocycles. The molecule has 1 saturated heterocycles. The van der Waals surface area contributed by atoms with E-state index in [-0.39, 0.29) is 5.75 Å². The summed E-state index contributed by atoms with van der Waals surface area (Å²) in [4.78, 5) is 2.23. The molecular weight excluding hydrogens is 238 g/mol. The minimum atomic E-state index is -2.86. The quantitative estimate of drug-likeness (QED) is 0.859. The number of hydrogen-bond donors (Lipinski definition) is 1. The Bertz CT molecular complexity index is 441. The van der Waals surface area contributed by atoms with Crippen LogP contribution in [0, 0.1) is 0 Å². The lowest BCUT2D eigenvalue weighted by Gasteiger charge is -2.31. The summed E-state index contributed by atoms with van der Waals surface area (Å²) in [7, 11) is -2.86. The lowest BCUT2D eigenvalue weighted by molar-refractivity contribution is 0.217. The Labute approximate surface area is 102 Å². The normalized spacial score (nSPS) is 22.8. The van der Waals surface area contributed by atoms with Crippen molar-refractivity contribution in [3.8, 4) is 0 Å². The fourth-order valence-corrected chi connectivity index (χ4v) is 2.89. The van der Waals surface area contributed by atoms with E-state index in [1.165, 1.54) is 6.26 Å². The van der Waals surface area contributed by atoms with E-state index in [0.29, 0.717) is 12.5 Å². The number of sulfone groups is 1. The number of hydrogen-bond acceptors (Lipinski definition) is 4. The zero-order chi connectivity index (χ0) is 12.3. The van der Waals surface area contributed by atoms with Crippen molar-refractivity contribution in [3.63, 3.8) is 0 Å². The molecule has 1 aliphatic rings. The highest BCUT2D eigenvalue weighted by molar-refractivity contribution is 7.90. The third kappa shape index (κ3) is 3.81. The third-order valence-electron chi connectivity index (χ3n) is 3.25. The molecule has 0 unspecified atom stereocenters. The van der Waals surface area contributed by atoms with Gasteiger partial charge in [0.25, 0.3) is 0 Å². The van der Waals surface area contributed by atoms with Crippen LogP contribution in [-0.2, 0) is 9.84 Å². The van der Waals surface area contributed by atoms with E-state index in [9.17, 15) is 8.42 Å². The molecule has 2 rings (SSSR count). The molecular formula is C11H19N3O2S. The zero-order valence-electron chi connectivity index (χ0n) is 10.1. The molecule has 0 bridgehead atoms. The second kappa shape index (κ2) is 5.18. The van der Waals surface area contributed by atoms with Crippen molar-refractivity contribution >= 4 is 9.84 Å². The number of rotatable bonds is 4. The first-order valence-electron chi connectivity index (χ1n) is 5.94. The number of aromatic nitrogens is 2. The van der Waals surface area contributed by atoms with E-state index in [2.05, 4.69) is 15.1 Å². The first kappa shape index (κ1) is 12.6. The highest BCUT2D eigenvalue weighted by Crippen LogP contribution is 2.24. The van der Waals surface area contributed by atoms with Crippen LogP contribution in [0.25, 0.3) is 0 Å². The molecule has 1 atom stereocenters. The molecule has 96 valence electrons. The zero-order valence-corrected chi connectivity index (χ0v) is 10.9. The molecule has 17 heavy (non-hydrogen) atoms. The number of nitrogens with one attached hydrogen (secondary N) is 1. The van der Waals surface area contributed by atoms with Crippen LogP contribution in [0.5, 0.6) is 0 Å². The van der Waals surface area contributed by atoms with E-state index in [4.69, 9.17) is 0 Å². The molecule has 0 spiro atoms. The van der Waals surface area contributed by atoms with Gasteiger partial charge in [0.1, 0.15) is 9.84 Å². The van der Waals surface area contributed by atoms with Gasteiger partial charge >= 0.3 is 0 Å². The fraction of sp³-hybridized carbons (Fsp3) is 0.727. The monoisotopic (exact) mass is 257 g/mol. The van der Waals surface area contributed by atoms with Gasteiger partial charge in [0, 0.05) is 37.2 Å². The highest BCUT2D eigenvalue weighted by Gasteiger charge is 2.22. The van der Waals surface area contributed by atoms with Gasteiger partial charge in [-0.3, -0.25) is 5.10 Å². The van der Waals surface area contributed by atoms with Gasteiger partial charge in [-0.25, -0.2) is 8.42 Å². The molecule has 1 fully saturated rings. The molecule has 0 radical (unpaired) electrons. The molecule has 1 aromatic rings. The molecule has 6 heteroatoms. The highest BCUT2D eigenvalue weighted by atomic mass is 32.2. The minimum Gasteiger partial charge on any atom is -0.302 e. The predicted molar refractivity (Wildman–Crippen MR) is 66.7 cm³/mol. The van der Waals surface area contributed by atoms with Crippen molar-refractivity contribution in [2.75, 3.05) is 31.6 Å². The Morgan fingerprint density at radius 3 is 3.06 bits per heavy atom. The van der Waals surface area contributed by atoms with Gasteiger partial charge < -0.3 is 4.90 Å². The summed E-state index contributed by atoms with van der Waals surface area (Å²) in [5, 5.41) is 6.97. The summed E-state index contributed by atoms with van der Waals surface area (Å²) < 4.78 is 22.3. The summed E-state index contributed by atoms with van der Waals surface area (Å²) in [6.07, 6.45) is 5.33. The first-order chi connectivity index (χ1) is 8.04. The smallest absolute Gasteiger partial charge is 0.148 e. The third-order valence-corrected chi connectivity index (χ3v) is 4.17. The van der Waals surface area contributed by atoms with Gasteiger partial charge in [-0.05, 0) is 25.5 Å². The summed E-state index contributed by atoms with van der Waals surface area (Å²) in [6.45, 7) is 2.57. The number of nitrogens with zero attached hydrogens (tertiary/aromatic N) is 2. The molecule has 1 N–H and O–H groups in total. The van der Waals surface area contributed by atoms with Gasteiger partial charge in [0.2, 0.25) is 0 Å². The first-order valence-corrected chi connectivity index (χ1v) is 8.00. The van der Waals surface area contributed by atoms with Crippen molar-refractivity contribution in [3.05, 3.63) is 18.0 Å². The van der Waals surface area contributed by atoms with Gasteiger partial charge in [0.15, 0.2) is 0 Å². The summed E-state index contributed by atoms with van der Waals surface area (Å²) >= 11 is 0. The average Bonchev–Trinajstić information content (AvgIpc) is 2.79. The lowest BCUT2D eigenvalue weighted by atomic mass is 9.95. The molecule has 1 aromatic heterocycles. The van der Waals surface area contributed by atoms with Crippen LogP contribution in [0.15, 0.2) is 12.3 Å². The Kier molecular flexibility index (Phi) is 3.83. The van der Waals surface area contributed by atoms with Crippen LogP contribution in [0.3, 0.4) is 0 Å². The van der Waals surface area contributed by atoms with Crippen molar-refractivity contribution in [1.82, 2.24) is 15.1 Å². The van der Waals surface area contributed by atoms with E-state index >= 15 is 0 Å². The summed E-state index contributed by atoms with van der Waals surface area (Å²) in [6, 6.07) is 2.00. The topological polar surface area (TPSA) is 66.1 Å². The molecule has 0 amide bonds. The Balaban J connectivity index is 1.89. The van der Waals surface area contributed by atoms with Crippen LogP contribution < -0.4 is 0 Å². The van der Waals surface area contributed by atoms with Gasteiger partial charge in [-0.15, -0.1) is 0 Å². The summed E-state index contributed by atoms with van der Waals surface area (Å²) in [5.41, 5.74) is 1.16. The number of H-pyrrole nitrogens is 1. The number of piperidine rings is 1. The van der Waals surface area contributed by atoms with Crippen molar-refractivity contribution < 1.29 is 8.42 Å². The van der Waals surface area contributed by atoms with Crippen LogP contribution in [0.2, 0.25) is 0 Å². The Morgan fingerprint density at radius 1 is 1.59 bits per heavy atom. The van der Waals surface area contributed by atoms with Crippen molar-refractivity contribution in [2.24, 2.45) is 0 Å². The summed E-state index contributed by atoms with van der Waals surface area (Å²) in [5.74, 6) is 0.716. The molecule has 0 aromatic carbocycles.